The number of thiazole rings is 1. The molecule has 210 valence electrons. The third kappa shape index (κ3) is 5.79. The summed E-state index contributed by atoms with van der Waals surface area (Å²) in [7, 11) is 0. The second-order valence-corrected chi connectivity index (χ2v) is 12.5. The maximum absolute atomic E-state index is 13.9. The minimum atomic E-state index is -0.794. The highest BCUT2D eigenvalue weighted by Gasteiger charge is 2.46. The maximum Gasteiger partial charge on any atom is 0.257 e. The number of anilines is 1. The first-order valence-corrected chi connectivity index (χ1v) is 15.5. The number of carbonyl (C=O) groups excluding carboxylic acids is 3. The van der Waals surface area contributed by atoms with Crippen molar-refractivity contribution in [3.8, 4) is 10.6 Å². The standard InChI is InChI=1S/C33H32ClN3O3S/c1-21-8-17-27-29(18-21)41-32(35-27)23-11-15-26(16-12-23)37-31(39)20-28(33(37)40)36(25-6-4-2-3-5-7-25)30(38)19-22-9-13-24(34)14-10-22/h8-18,25,28H,2-7,19-20H2,1H3. The monoisotopic (exact) mass is 585 g/mol. The van der Waals surface area contributed by atoms with Crippen molar-refractivity contribution in [2.24, 2.45) is 0 Å². The third-order valence-electron chi connectivity index (χ3n) is 8.15. The topological polar surface area (TPSA) is 70.6 Å². The third-order valence-corrected chi connectivity index (χ3v) is 9.47. The van der Waals surface area contributed by atoms with Crippen molar-refractivity contribution in [2.75, 3.05) is 4.90 Å². The molecule has 1 saturated heterocycles. The Labute approximate surface area is 248 Å². The number of halogens is 1. The molecular formula is C33H32ClN3O3S. The van der Waals surface area contributed by atoms with Gasteiger partial charge in [-0.2, -0.15) is 0 Å². The number of carbonyl (C=O) groups is 3. The largest absolute Gasteiger partial charge is 0.327 e. The van der Waals surface area contributed by atoms with Crippen molar-refractivity contribution >= 4 is 56.6 Å². The summed E-state index contributed by atoms with van der Waals surface area (Å²) in [6.07, 6.45) is 6.14. The number of hydrogen-bond donors (Lipinski definition) is 0. The number of rotatable bonds is 6. The van der Waals surface area contributed by atoms with Gasteiger partial charge in [0.1, 0.15) is 11.0 Å². The van der Waals surface area contributed by atoms with E-state index < -0.39 is 6.04 Å². The molecule has 1 aliphatic carbocycles. The Morgan fingerprint density at radius 3 is 2.39 bits per heavy atom. The number of hydrogen-bond acceptors (Lipinski definition) is 5. The van der Waals surface area contributed by atoms with Gasteiger partial charge >= 0.3 is 0 Å². The minimum absolute atomic E-state index is 0.000658. The molecule has 0 bridgehead atoms. The molecule has 1 aliphatic heterocycles. The Morgan fingerprint density at radius 1 is 0.976 bits per heavy atom. The lowest BCUT2D eigenvalue weighted by atomic mass is 10.0. The van der Waals surface area contributed by atoms with E-state index in [-0.39, 0.29) is 36.6 Å². The van der Waals surface area contributed by atoms with Gasteiger partial charge in [0.25, 0.3) is 5.91 Å². The molecule has 1 atom stereocenters. The second-order valence-electron chi connectivity index (χ2n) is 11.1. The van der Waals surface area contributed by atoms with Crippen LogP contribution in [0.2, 0.25) is 5.02 Å². The molecule has 3 aromatic carbocycles. The first-order valence-electron chi connectivity index (χ1n) is 14.3. The summed E-state index contributed by atoms with van der Waals surface area (Å²) < 4.78 is 1.12. The molecule has 2 heterocycles. The Kier molecular flexibility index (Phi) is 7.91. The van der Waals surface area contributed by atoms with Crippen molar-refractivity contribution < 1.29 is 14.4 Å². The SMILES string of the molecule is Cc1ccc2nc(-c3ccc(N4C(=O)CC(N(C(=O)Cc5ccc(Cl)cc5)C5CCCCCC5)C4=O)cc3)sc2c1. The summed E-state index contributed by atoms with van der Waals surface area (Å²) in [6.45, 7) is 2.06. The molecule has 1 unspecified atom stereocenters. The molecule has 6 rings (SSSR count). The molecule has 6 nitrogen and oxygen atoms in total. The fourth-order valence-corrected chi connectivity index (χ4v) is 7.24. The molecule has 2 fully saturated rings. The summed E-state index contributed by atoms with van der Waals surface area (Å²) >= 11 is 7.67. The molecule has 4 aromatic rings. The van der Waals surface area contributed by atoms with Crippen LogP contribution in [0.3, 0.4) is 0 Å². The molecule has 1 saturated carbocycles. The van der Waals surface area contributed by atoms with Crippen molar-refractivity contribution in [3.63, 3.8) is 0 Å². The Hall–Kier alpha value is -3.55. The van der Waals surface area contributed by atoms with Gasteiger partial charge in [-0.25, -0.2) is 9.88 Å². The van der Waals surface area contributed by atoms with E-state index in [1.165, 1.54) is 10.5 Å². The second kappa shape index (κ2) is 11.7. The minimum Gasteiger partial charge on any atom is -0.327 e. The number of imide groups is 1. The van der Waals surface area contributed by atoms with E-state index in [1.54, 1.807) is 40.5 Å². The lowest BCUT2D eigenvalue weighted by Gasteiger charge is -2.35. The highest BCUT2D eigenvalue weighted by Crippen LogP contribution is 2.34. The van der Waals surface area contributed by atoms with Gasteiger partial charge in [-0.3, -0.25) is 14.4 Å². The molecule has 8 heteroatoms. The van der Waals surface area contributed by atoms with E-state index in [1.807, 2.05) is 30.3 Å². The number of amides is 3. The Bertz CT molecular complexity index is 1590. The van der Waals surface area contributed by atoms with Gasteiger partial charge in [0.05, 0.1) is 28.7 Å². The molecule has 3 amide bonds. The van der Waals surface area contributed by atoms with Gasteiger partial charge in [-0.15, -0.1) is 11.3 Å². The Morgan fingerprint density at radius 2 is 1.68 bits per heavy atom. The van der Waals surface area contributed by atoms with Crippen molar-refractivity contribution in [1.82, 2.24) is 9.88 Å². The molecule has 0 radical (unpaired) electrons. The lowest BCUT2D eigenvalue weighted by Crippen LogP contribution is -2.51. The van der Waals surface area contributed by atoms with Crippen LogP contribution in [0.1, 0.15) is 56.1 Å². The van der Waals surface area contributed by atoms with Crippen LogP contribution >= 0.6 is 22.9 Å². The first kappa shape index (κ1) is 27.6. The average Bonchev–Trinajstić information content (AvgIpc) is 3.38. The van der Waals surface area contributed by atoms with E-state index in [0.717, 1.165) is 64.9 Å². The molecule has 0 spiro atoms. The fourth-order valence-electron chi connectivity index (χ4n) is 6.05. The normalized spacial score (nSPS) is 18.2. The van der Waals surface area contributed by atoms with E-state index in [4.69, 9.17) is 16.6 Å². The first-order chi connectivity index (χ1) is 19.9. The van der Waals surface area contributed by atoms with Gasteiger partial charge in [0, 0.05) is 16.6 Å². The van der Waals surface area contributed by atoms with Crippen LogP contribution in [0.25, 0.3) is 20.8 Å². The van der Waals surface area contributed by atoms with E-state index >= 15 is 0 Å². The smallest absolute Gasteiger partial charge is 0.257 e. The highest BCUT2D eigenvalue weighted by atomic mass is 35.5. The quantitative estimate of drug-likeness (QED) is 0.175. The predicted octanol–water partition coefficient (Wildman–Crippen LogP) is 7.35. The predicted molar refractivity (Wildman–Crippen MR) is 164 cm³/mol. The summed E-state index contributed by atoms with van der Waals surface area (Å²) in [5.74, 6) is -0.721. The van der Waals surface area contributed by atoms with Crippen LogP contribution in [0.15, 0.2) is 66.7 Å². The van der Waals surface area contributed by atoms with Crippen LogP contribution in [-0.2, 0) is 20.8 Å². The molecular weight excluding hydrogens is 554 g/mol. The maximum atomic E-state index is 13.9. The van der Waals surface area contributed by atoms with Gasteiger partial charge < -0.3 is 4.90 Å². The number of nitrogens with zero attached hydrogens (tertiary/aromatic N) is 3. The van der Waals surface area contributed by atoms with Gasteiger partial charge in [-0.05, 0) is 79.4 Å². The highest BCUT2D eigenvalue weighted by molar-refractivity contribution is 7.21. The summed E-state index contributed by atoms with van der Waals surface area (Å²) in [5, 5.41) is 1.50. The molecule has 2 aliphatic rings. The Balaban J connectivity index is 1.25. The van der Waals surface area contributed by atoms with Gasteiger partial charge in [-0.1, -0.05) is 55.5 Å². The zero-order valence-corrected chi connectivity index (χ0v) is 24.6. The van der Waals surface area contributed by atoms with E-state index in [9.17, 15) is 14.4 Å². The van der Waals surface area contributed by atoms with E-state index in [0.29, 0.717) is 10.7 Å². The molecule has 0 N–H and O–H groups in total. The molecule has 41 heavy (non-hydrogen) atoms. The number of aromatic nitrogens is 1. The zero-order chi connectivity index (χ0) is 28.5. The average molecular weight is 586 g/mol. The number of benzene rings is 3. The summed E-state index contributed by atoms with van der Waals surface area (Å²) in [5.41, 5.74) is 4.44. The summed E-state index contributed by atoms with van der Waals surface area (Å²) in [4.78, 5) is 48.7. The van der Waals surface area contributed by atoms with Crippen LogP contribution in [0, 0.1) is 6.92 Å². The van der Waals surface area contributed by atoms with Crippen molar-refractivity contribution in [3.05, 3.63) is 82.9 Å². The van der Waals surface area contributed by atoms with Crippen LogP contribution < -0.4 is 4.90 Å². The van der Waals surface area contributed by atoms with Crippen molar-refractivity contribution in [1.29, 1.82) is 0 Å². The van der Waals surface area contributed by atoms with Crippen molar-refractivity contribution in [2.45, 2.75) is 70.4 Å². The van der Waals surface area contributed by atoms with Crippen LogP contribution in [-0.4, -0.2) is 39.7 Å². The number of fused-ring (bicyclic) bond motifs is 1. The zero-order valence-electron chi connectivity index (χ0n) is 23.0. The van der Waals surface area contributed by atoms with Crippen LogP contribution in [0.4, 0.5) is 5.69 Å². The lowest BCUT2D eigenvalue weighted by molar-refractivity contribution is -0.140. The number of aryl methyl sites for hydroxylation is 1. The van der Waals surface area contributed by atoms with Crippen LogP contribution in [0.5, 0.6) is 0 Å². The van der Waals surface area contributed by atoms with E-state index in [2.05, 4.69) is 19.1 Å². The van der Waals surface area contributed by atoms with Gasteiger partial charge in [0.2, 0.25) is 11.8 Å². The fraction of sp³-hybridized carbons (Fsp3) is 0.333. The molecule has 1 aromatic heterocycles. The summed E-state index contributed by atoms with van der Waals surface area (Å²) in [6, 6.07) is 20.0. The van der Waals surface area contributed by atoms with Gasteiger partial charge in [0.15, 0.2) is 0 Å².